The summed E-state index contributed by atoms with van der Waals surface area (Å²) in [5.41, 5.74) is 9.13. The molecule has 2 N–H and O–H groups in total. The average molecular weight is 667 g/mol. The minimum absolute atomic E-state index is 0.110. The summed E-state index contributed by atoms with van der Waals surface area (Å²) in [4.78, 5) is 54.4. The van der Waals surface area contributed by atoms with E-state index < -0.39 is 0 Å². The van der Waals surface area contributed by atoms with Crippen molar-refractivity contribution in [3.8, 4) is 0 Å². The normalized spacial score (nSPS) is 16.9. The zero-order valence-electron chi connectivity index (χ0n) is 24.6. The highest BCUT2D eigenvalue weighted by Gasteiger charge is 2.32. The number of amides is 4. The number of hydrogen-bond acceptors (Lipinski definition) is 8. The molecule has 0 saturated carbocycles. The molecule has 44 heavy (non-hydrogen) atoms. The molecule has 12 heteroatoms. The molecular formula is C32H34N4O4S4. The smallest absolute Gasteiger partial charge is 0.266 e. The fourth-order valence-corrected chi connectivity index (χ4v) is 7.06. The molecule has 2 aromatic carbocycles. The van der Waals surface area contributed by atoms with Crippen molar-refractivity contribution in [1.29, 1.82) is 0 Å². The molecule has 0 radical (unpaired) electrons. The van der Waals surface area contributed by atoms with Gasteiger partial charge in [-0.25, -0.2) is 0 Å². The Kier molecular flexibility index (Phi) is 12.3. The predicted molar refractivity (Wildman–Crippen MR) is 186 cm³/mol. The topological polar surface area (TPSA) is 98.8 Å². The van der Waals surface area contributed by atoms with Crippen molar-refractivity contribution in [3.05, 3.63) is 80.6 Å². The van der Waals surface area contributed by atoms with Gasteiger partial charge in [0.25, 0.3) is 11.8 Å². The Morgan fingerprint density at radius 2 is 1.05 bits per heavy atom. The van der Waals surface area contributed by atoms with E-state index in [2.05, 4.69) is 24.7 Å². The van der Waals surface area contributed by atoms with Crippen LogP contribution in [0.5, 0.6) is 0 Å². The first kappa shape index (κ1) is 33.6. The van der Waals surface area contributed by atoms with Gasteiger partial charge in [-0.3, -0.25) is 39.8 Å². The van der Waals surface area contributed by atoms with Gasteiger partial charge < -0.3 is 0 Å². The maximum absolute atomic E-state index is 12.8. The van der Waals surface area contributed by atoms with Gasteiger partial charge in [0.05, 0.1) is 9.81 Å². The van der Waals surface area contributed by atoms with Gasteiger partial charge in [-0.1, -0.05) is 110 Å². The summed E-state index contributed by atoms with van der Waals surface area (Å²) >= 11 is 13.3. The Bertz CT molecular complexity index is 1390. The van der Waals surface area contributed by atoms with Gasteiger partial charge in [-0.05, 0) is 60.1 Å². The first-order valence-electron chi connectivity index (χ1n) is 14.4. The summed E-state index contributed by atoms with van der Waals surface area (Å²) in [5, 5.41) is 0. The monoisotopic (exact) mass is 666 g/mol. The highest BCUT2D eigenvalue weighted by Crippen LogP contribution is 2.34. The quantitative estimate of drug-likeness (QED) is 0.171. The molecule has 230 valence electrons. The van der Waals surface area contributed by atoms with E-state index >= 15 is 0 Å². The molecule has 2 heterocycles. The van der Waals surface area contributed by atoms with E-state index in [9.17, 15) is 19.2 Å². The highest BCUT2D eigenvalue weighted by atomic mass is 32.2. The minimum Gasteiger partial charge on any atom is -0.293 e. The molecule has 0 spiro atoms. The summed E-state index contributed by atoms with van der Waals surface area (Å²) < 4.78 is 0.922. The largest absolute Gasteiger partial charge is 0.293 e. The summed E-state index contributed by atoms with van der Waals surface area (Å²) in [5.74, 6) is -1.08. The van der Waals surface area contributed by atoms with Crippen molar-refractivity contribution < 1.29 is 19.2 Å². The maximum Gasteiger partial charge on any atom is 0.266 e. The predicted octanol–water partition coefficient (Wildman–Crippen LogP) is 5.62. The summed E-state index contributed by atoms with van der Waals surface area (Å²) in [6.45, 7) is 4.79. The standard InChI is InChI=1S/C32H34N4O4S4/c1-3-21-9-13-23(14-10-21)19-25-29(39)35(31(41)43-25)17-5-7-27(37)33-34-28(38)8-6-18-36-30(40)26(44-32(36)42)20-24-15-11-22(4-2)12-16-24/h9-16,19-20H,3-8,17-18H2,1-2H3,(H,33,37)(H,34,38). The van der Waals surface area contributed by atoms with E-state index in [-0.39, 0.29) is 36.5 Å². The van der Waals surface area contributed by atoms with Crippen LogP contribution >= 0.6 is 48.0 Å². The van der Waals surface area contributed by atoms with Crippen LogP contribution < -0.4 is 10.9 Å². The Morgan fingerprint density at radius 1 is 0.682 bits per heavy atom. The van der Waals surface area contributed by atoms with Gasteiger partial charge >= 0.3 is 0 Å². The van der Waals surface area contributed by atoms with Crippen molar-refractivity contribution in [2.24, 2.45) is 0 Å². The molecule has 4 amide bonds. The lowest BCUT2D eigenvalue weighted by atomic mass is 10.1. The fraction of sp³-hybridized carbons (Fsp3) is 0.312. The molecule has 0 aliphatic carbocycles. The summed E-state index contributed by atoms with van der Waals surface area (Å²) in [6, 6.07) is 16.1. The average Bonchev–Trinajstić information content (AvgIpc) is 3.44. The summed E-state index contributed by atoms with van der Waals surface area (Å²) in [6.07, 6.45) is 6.55. The third-order valence-electron chi connectivity index (χ3n) is 7.03. The van der Waals surface area contributed by atoms with Gasteiger partial charge in [0.15, 0.2) is 0 Å². The SMILES string of the molecule is CCc1ccc(C=C2SC(=S)N(CCCC(=O)NNC(=O)CCCN3C(=O)C(=Cc4ccc(CC)cc4)SC3=S)C2=O)cc1. The number of carbonyl (C=O) groups is 4. The lowest BCUT2D eigenvalue weighted by Gasteiger charge is -2.15. The number of thiocarbonyl (C=S) groups is 2. The molecule has 0 atom stereocenters. The number of hydrazine groups is 1. The third kappa shape index (κ3) is 9.10. The van der Waals surface area contributed by atoms with Crippen LogP contribution in [0.4, 0.5) is 0 Å². The van der Waals surface area contributed by atoms with E-state index in [1.807, 2.05) is 60.7 Å². The van der Waals surface area contributed by atoms with Crippen LogP contribution in [0.2, 0.25) is 0 Å². The van der Waals surface area contributed by atoms with E-state index in [0.717, 1.165) is 24.0 Å². The van der Waals surface area contributed by atoms with Crippen LogP contribution in [0.15, 0.2) is 58.3 Å². The molecule has 2 aliphatic heterocycles. The number of thioether (sulfide) groups is 2. The highest BCUT2D eigenvalue weighted by molar-refractivity contribution is 8.27. The van der Waals surface area contributed by atoms with Crippen molar-refractivity contribution >= 4 is 92.4 Å². The molecule has 2 aromatic rings. The second-order valence-electron chi connectivity index (χ2n) is 10.2. The Hall–Kier alpha value is -3.32. The van der Waals surface area contributed by atoms with E-state index in [4.69, 9.17) is 24.4 Å². The molecular weight excluding hydrogens is 633 g/mol. The van der Waals surface area contributed by atoms with Crippen LogP contribution in [-0.2, 0) is 32.0 Å². The van der Waals surface area contributed by atoms with E-state index in [1.54, 1.807) is 0 Å². The molecule has 8 nitrogen and oxygen atoms in total. The maximum atomic E-state index is 12.8. The molecule has 2 saturated heterocycles. The van der Waals surface area contributed by atoms with E-state index in [0.29, 0.717) is 44.4 Å². The molecule has 0 unspecified atom stereocenters. The van der Waals surface area contributed by atoms with Crippen LogP contribution in [0, 0.1) is 0 Å². The minimum atomic E-state index is -0.371. The number of carbonyl (C=O) groups excluding carboxylic acids is 4. The van der Waals surface area contributed by atoms with Crippen molar-refractivity contribution in [2.75, 3.05) is 13.1 Å². The number of nitrogens with one attached hydrogen (secondary N) is 2. The zero-order valence-corrected chi connectivity index (χ0v) is 27.9. The van der Waals surface area contributed by atoms with Crippen molar-refractivity contribution in [3.63, 3.8) is 0 Å². The van der Waals surface area contributed by atoms with Crippen LogP contribution in [0.25, 0.3) is 12.2 Å². The van der Waals surface area contributed by atoms with Crippen LogP contribution in [-0.4, -0.2) is 55.2 Å². The van der Waals surface area contributed by atoms with Gasteiger partial charge in [0, 0.05) is 25.9 Å². The van der Waals surface area contributed by atoms with Gasteiger partial charge in [0.2, 0.25) is 11.8 Å². The lowest BCUT2D eigenvalue weighted by molar-refractivity contribution is -0.129. The van der Waals surface area contributed by atoms with Crippen LogP contribution in [0.1, 0.15) is 61.8 Å². The zero-order chi connectivity index (χ0) is 31.6. The number of rotatable bonds is 12. The third-order valence-corrected chi connectivity index (χ3v) is 9.79. The first-order valence-corrected chi connectivity index (χ1v) is 16.9. The number of aryl methyl sites for hydroxylation is 2. The lowest BCUT2D eigenvalue weighted by Crippen LogP contribution is -2.42. The van der Waals surface area contributed by atoms with Gasteiger partial charge in [-0.2, -0.15) is 0 Å². The molecule has 0 bridgehead atoms. The molecule has 4 rings (SSSR count). The van der Waals surface area contributed by atoms with Gasteiger partial charge in [-0.15, -0.1) is 0 Å². The number of benzene rings is 2. The van der Waals surface area contributed by atoms with Crippen molar-refractivity contribution in [2.45, 2.75) is 52.4 Å². The second kappa shape index (κ2) is 16.1. The fourth-order valence-electron chi connectivity index (χ4n) is 4.45. The van der Waals surface area contributed by atoms with E-state index in [1.165, 1.54) is 44.5 Å². The van der Waals surface area contributed by atoms with Gasteiger partial charge in [0.1, 0.15) is 8.64 Å². The Balaban J connectivity index is 1.14. The Labute approximate surface area is 277 Å². The molecule has 2 fully saturated rings. The Morgan fingerprint density at radius 3 is 1.39 bits per heavy atom. The summed E-state index contributed by atoms with van der Waals surface area (Å²) in [7, 11) is 0. The van der Waals surface area contributed by atoms with Crippen LogP contribution in [0.3, 0.4) is 0 Å². The number of hydrogen-bond donors (Lipinski definition) is 2. The molecule has 2 aliphatic rings. The second-order valence-corrected chi connectivity index (χ2v) is 13.5. The van der Waals surface area contributed by atoms with Crippen molar-refractivity contribution in [1.82, 2.24) is 20.7 Å². The molecule has 0 aromatic heterocycles. The first-order chi connectivity index (χ1) is 21.2. The number of nitrogens with zero attached hydrogens (tertiary/aromatic N) is 2.